The zero-order valence-corrected chi connectivity index (χ0v) is 47.4. The highest BCUT2D eigenvalue weighted by Crippen LogP contribution is 2.31. The van der Waals surface area contributed by atoms with E-state index < -0.39 is 71.0 Å². The molecule has 0 aromatic heterocycles. The molecule has 0 unspecified atom stereocenters. The van der Waals surface area contributed by atoms with E-state index in [4.69, 9.17) is 0 Å². The first-order valence-electron chi connectivity index (χ1n) is 26.9. The maximum absolute atomic E-state index is 14.2. The van der Waals surface area contributed by atoms with Crippen molar-refractivity contribution in [3.8, 4) is 0 Å². The SMILES string of the molecule is CN[C@@H](C)C(=O)N[C@H](C(=O)N1CCC[C@H]1C(=O)N[C@H](CNC(=O)c1cccc(C(=O)NC[C@@H](NC(=O)[C@@H]2CCCN2C(=O)[C@@H](NC(=O)[C@H](C)NC)C(C)(C)C)C2CCCCC2)c1)C1CCCCC1)C(C)(C)C.Cl.Cl. The van der Waals surface area contributed by atoms with Crippen LogP contribution in [0.2, 0.25) is 0 Å². The summed E-state index contributed by atoms with van der Waals surface area (Å²) in [5, 5.41) is 24.2. The van der Waals surface area contributed by atoms with Crippen molar-refractivity contribution >= 4 is 72.1 Å². The van der Waals surface area contributed by atoms with Crippen molar-refractivity contribution in [2.75, 3.05) is 40.3 Å². The number of likely N-dealkylation sites (tertiary alicyclic amines) is 2. The summed E-state index contributed by atoms with van der Waals surface area (Å²) >= 11 is 0. The number of likely N-dealkylation sites (N-methyl/N-ethyl adjacent to an activating group) is 2. The molecular weight excluding hydrogens is 988 g/mol. The molecule has 2 heterocycles. The van der Waals surface area contributed by atoms with Crippen LogP contribution in [0.5, 0.6) is 0 Å². The quantitative estimate of drug-likeness (QED) is 0.0918. The summed E-state index contributed by atoms with van der Waals surface area (Å²) in [6.45, 7) is 15.9. The zero-order chi connectivity index (χ0) is 52.9. The number of rotatable bonds is 20. The van der Waals surface area contributed by atoms with Crippen LogP contribution in [0, 0.1) is 22.7 Å². The molecule has 2 saturated heterocycles. The Morgan fingerprint density at radius 2 is 0.878 bits per heavy atom. The van der Waals surface area contributed by atoms with Gasteiger partial charge in [-0.25, -0.2) is 0 Å². The van der Waals surface area contributed by atoms with Gasteiger partial charge in [0.25, 0.3) is 11.8 Å². The highest BCUT2D eigenvalue weighted by molar-refractivity contribution is 6.00. The smallest absolute Gasteiger partial charge is 0.251 e. The number of carbonyl (C=O) groups is 8. The first-order valence-corrected chi connectivity index (χ1v) is 26.9. The first-order chi connectivity index (χ1) is 34.0. The Labute approximate surface area is 452 Å². The van der Waals surface area contributed by atoms with Crippen LogP contribution in [0.25, 0.3) is 0 Å². The van der Waals surface area contributed by atoms with Crippen LogP contribution in [0.4, 0.5) is 0 Å². The van der Waals surface area contributed by atoms with Crippen LogP contribution in [-0.2, 0) is 28.8 Å². The molecule has 8 amide bonds. The molecule has 4 fully saturated rings. The number of hydrogen-bond acceptors (Lipinski definition) is 10. The van der Waals surface area contributed by atoms with E-state index >= 15 is 0 Å². The van der Waals surface area contributed by atoms with Gasteiger partial charge in [-0.05, 0) is 120 Å². The van der Waals surface area contributed by atoms with Gasteiger partial charge in [-0.2, -0.15) is 0 Å². The summed E-state index contributed by atoms with van der Waals surface area (Å²) in [5.74, 6) is -2.31. The number of carbonyl (C=O) groups excluding carboxylic acids is 8. The molecule has 8 N–H and O–H groups in total. The van der Waals surface area contributed by atoms with Crippen LogP contribution in [0.15, 0.2) is 24.3 Å². The van der Waals surface area contributed by atoms with Crippen molar-refractivity contribution in [1.82, 2.24) is 52.3 Å². The maximum Gasteiger partial charge on any atom is 0.251 e. The highest BCUT2D eigenvalue weighted by Gasteiger charge is 2.45. The van der Waals surface area contributed by atoms with E-state index in [2.05, 4.69) is 42.5 Å². The minimum atomic E-state index is -0.839. The van der Waals surface area contributed by atoms with E-state index in [-0.39, 0.29) is 96.3 Å². The fraction of sp³-hybridized carbons (Fsp3) is 0.741. The number of nitrogens with zero attached hydrogens (tertiary/aromatic N) is 2. The molecule has 4 aliphatic rings. The van der Waals surface area contributed by atoms with Crippen molar-refractivity contribution in [3.63, 3.8) is 0 Å². The molecule has 1 aromatic carbocycles. The number of amides is 8. The van der Waals surface area contributed by atoms with Gasteiger partial charge < -0.3 is 52.3 Å². The van der Waals surface area contributed by atoms with E-state index in [1.807, 2.05) is 41.5 Å². The number of nitrogens with one attached hydrogen (secondary N) is 8. The van der Waals surface area contributed by atoms with Crippen LogP contribution < -0.4 is 42.5 Å². The lowest BCUT2D eigenvalue weighted by Crippen LogP contribution is -2.60. The van der Waals surface area contributed by atoms with Crippen LogP contribution in [-0.4, -0.2) is 146 Å². The van der Waals surface area contributed by atoms with Gasteiger partial charge in [0.1, 0.15) is 24.2 Å². The molecule has 74 heavy (non-hydrogen) atoms. The minimum Gasteiger partial charge on any atom is -0.350 e. The first kappa shape index (κ1) is 63.8. The summed E-state index contributed by atoms with van der Waals surface area (Å²) in [4.78, 5) is 113. The molecule has 1 aromatic rings. The fourth-order valence-electron chi connectivity index (χ4n) is 10.7. The molecule has 18 nitrogen and oxygen atoms in total. The molecule has 0 spiro atoms. The summed E-state index contributed by atoms with van der Waals surface area (Å²) in [6, 6.07) is 1.57. The van der Waals surface area contributed by atoms with Gasteiger partial charge in [0.2, 0.25) is 35.4 Å². The van der Waals surface area contributed by atoms with Crippen molar-refractivity contribution in [3.05, 3.63) is 35.4 Å². The molecule has 20 heteroatoms. The summed E-state index contributed by atoms with van der Waals surface area (Å²) in [7, 11) is 3.36. The second-order valence-corrected chi connectivity index (χ2v) is 23.0. The monoisotopic (exact) mass is 1080 g/mol. The Morgan fingerprint density at radius 1 is 0.527 bits per heavy atom. The average molecular weight is 1080 g/mol. The van der Waals surface area contributed by atoms with Crippen molar-refractivity contribution < 1.29 is 38.4 Å². The van der Waals surface area contributed by atoms with E-state index in [0.717, 1.165) is 64.2 Å². The molecule has 8 atom stereocenters. The summed E-state index contributed by atoms with van der Waals surface area (Å²) < 4.78 is 0. The lowest BCUT2D eigenvalue weighted by atomic mass is 9.83. The normalized spacial score (nSPS) is 21.0. The molecule has 2 saturated carbocycles. The predicted molar refractivity (Wildman–Crippen MR) is 292 cm³/mol. The van der Waals surface area contributed by atoms with Gasteiger partial charge in [-0.3, -0.25) is 38.4 Å². The van der Waals surface area contributed by atoms with Crippen LogP contribution >= 0.6 is 24.8 Å². The molecule has 0 bridgehead atoms. The third-order valence-electron chi connectivity index (χ3n) is 15.6. The Bertz CT molecular complexity index is 1930. The van der Waals surface area contributed by atoms with Gasteiger partial charge in [0.05, 0.1) is 12.1 Å². The Kier molecular flexibility index (Phi) is 25.1. The Hall–Kier alpha value is -4.52. The minimum absolute atomic E-state index is 0. The topological polar surface area (TPSA) is 239 Å². The zero-order valence-electron chi connectivity index (χ0n) is 45.8. The second kappa shape index (κ2) is 29.1. The van der Waals surface area contributed by atoms with Crippen molar-refractivity contribution in [2.45, 2.75) is 194 Å². The standard InChI is InChI=1S/C54H88N10O8.2ClH/c1-33(55-9)45(65)61-43(53(3,4)5)51(71)63-28-18-26-41(63)49(69)59-39(35-20-13-11-14-21-35)31-57-47(67)37-24-17-25-38(30-37)48(68)58-32-40(36-22-15-12-16-23-36)60-50(70)42-27-19-29-64(42)52(72)44(54(6,7)8)62-46(66)34(2)56-10;;/h17,24-25,30,33-36,39-44,55-56H,11-16,18-23,26-29,31-32H2,1-10H3,(H,57,67)(H,58,68)(H,59,69)(H,60,70)(H,61,65)(H,62,66);2*1H/t33-,34-,39+,40+,41-,42-,43+,44+;;/m0../s1. The van der Waals surface area contributed by atoms with Gasteiger partial charge in [-0.1, -0.05) is 86.1 Å². The third kappa shape index (κ3) is 17.3. The number of halogens is 2. The molecule has 418 valence electrons. The van der Waals surface area contributed by atoms with E-state index in [1.54, 1.807) is 62.0 Å². The Morgan fingerprint density at radius 3 is 1.20 bits per heavy atom. The van der Waals surface area contributed by atoms with Crippen LogP contribution in [0.1, 0.15) is 166 Å². The lowest BCUT2D eigenvalue weighted by molar-refractivity contribution is -0.144. The molecular formula is C54H90Cl2N10O8. The molecule has 2 aliphatic carbocycles. The predicted octanol–water partition coefficient (Wildman–Crippen LogP) is 4.38. The molecule has 5 rings (SSSR count). The fourth-order valence-corrected chi connectivity index (χ4v) is 10.7. The number of hydrogen-bond donors (Lipinski definition) is 8. The Balaban J connectivity index is 0.00000722. The average Bonchev–Trinajstić information content (AvgIpc) is 4.08. The van der Waals surface area contributed by atoms with Crippen molar-refractivity contribution in [2.24, 2.45) is 22.7 Å². The van der Waals surface area contributed by atoms with Crippen LogP contribution in [0.3, 0.4) is 0 Å². The molecule has 0 radical (unpaired) electrons. The molecule has 2 aliphatic heterocycles. The van der Waals surface area contributed by atoms with Gasteiger partial charge in [0, 0.05) is 49.4 Å². The van der Waals surface area contributed by atoms with Crippen molar-refractivity contribution in [1.29, 1.82) is 0 Å². The van der Waals surface area contributed by atoms with E-state index in [1.165, 1.54) is 0 Å². The maximum atomic E-state index is 14.2. The van der Waals surface area contributed by atoms with Gasteiger partial charge in [-0.15, -0.1) is 24.8 Å². The third-order valence-corrected chi connectivity index (χ3v) is 15.6. The summed E-state index contributed by atoms with van der Waals surface area (Å²) in [6.07, 6.45) is 12.0. The van der Waals surface area contributed by atoms with E-state index in [0.29, 0.717) is 38.8 Å². The highest BCUT2D eigenvalue weighted by atomic mass is 35.5. The van der Waals surface area contributed by atoms with E-state index in [9.17, 15) is 38.4 Å². The lowest BCUT2D eigenvalue weighted by Gasteiger charge is -2.37. The van der Waals surface area contributed by atoms with Gasteiger partial charge >= 0.3 is 0 Å². The largest absolute Gasteiger partial charge is 0.350 e. The number of benzene rings is 1. The summed E-state index contributed by atoms with van der Waals surface area (Å²) in [5.41, 5.74) is -0.669. The second-order valence-electron chi connectivity index (χ2n) is 23.0. The van der Waals surface area contributed by atoms with Gasteiger partial charge in [0.15, 0.2) is 0 Å².